The van der Waals surface area contributed by atoms with Crippen molar-refractivity contribution >= 4 is 11.8 Å². The number of benzene rings is 1. The maximum Gasteiger partial charge on any atom is 0.317 e. The van der Waals surface area contributed by atoms with E-state index in [1.165, 1.54) is 5.56 Å². The van der Waals surface area contributed by atoms with Gasteiger partial charge in [0.2, 0.25) is 5.78 Å². The van der Waals surface area contributed by atoms with Gasteiger partial charge in [-0.15, -0.1) is 0 Å². The summed E-state index contributed by atoms with van der Waals surface area (Å²) in [5, 5.41) is 0. The van der Waals surface area contributed by atoms with Crippen LogP contribution in [-0.2, 0) is 24.7 Å². The van der Waals surface area contributed by atoms with Crippen LogP contribution in [-0.4, -0.2) is 16.3 Å². The molecule has 4 nitrogen and oxygen atoms in total. The fourth-order valence-electron chi connectivity index (χ4n) is 2.46. The summed E-state index contributed by atoms with van der Waals surface area (Å²) >= 11 is 0. The van der Waals surface area contributed by atoms with Crippen LogP contribution in [0.1, 0.15) is 34.2 Å². The molecule has 0 radical (unpaired) electrons. The first-order chi connectivity index (χ1) is 9.60. The molecule has 4 heteroatoms. The monoisotopic (exact) mass is 269 g/mol. The van der Waals surface area contributed by atoms with Gasteiger partial charge in [0, 0.05) is 18.7 Å². The number of aryl methyl sites for hydroxylation is 1. The largest absolute Gasteiger partial charge is 0.424 e. The van der Waals surface area contributed by atoms with Crippen LogP contribution in [0.3, 0.4) is 0 Å². The third-order valence-electron chi connectivity index (χ3n) is 3.71. The van der Waals surface area contributed by atoms with Gasteiger partial charge in [0.05, 0.1) is 17.8 Å². The smallest absolute Gasteiger partial charge is 0.317 e. The Bertz CT molecular complexity index is 695. The summed E-state index contributed by atoms with van der Waals surface area (Å²) in [6.45, 7) is 2.08. The minimum atomic E-state index is -0.267. The van der Waals surface area contributed by atoms with E-state index >= 15 is 0 Å². The number of hydrogen-bond acceptors (Lipinski definition) is 3. The Morgan fingerprint density at radius 1 is 1.30 bits per heavy atom. The molecule has 1 aliphatic heterocycles. The van der Waals surface area contributed by atoms with Crippen molar-refractivity contribution in [1.29, 1.82) is 0 Å². The number of ether oxygens (including phenoxy) is 1. The first-order valence-corrected chi connectivity index (χ1v) is 6.63. The van der Waals surface area contributed by atoms with Gasteiger partial charge in [-0.2, -0.15) is 0 Å². The van der Waals surface area contributed by atoms with Crippen molar-refractivity contribution in [3.63, 3.8) is 0 Å². The van der Waals surface area contributed by atoms with E-state index in [1.807, 2.05) is 24.3 Å². The summed E-state index contributed by atoms with van der Waals surface area (Å²) in [4.78, 5) is 23.7. The van der Waals surface area contributed by atoms with Crippen LogP contribution in [0.25, 0.3) is 0 Å². The lowest BCUT2D eigenvalue weighted by Crippen LogP contribution is -2.11. The number of nitrogens with zero attached hydrogens (tertiary/aromatic N) is 1. The highest BCUT2D eigenvalue weighted by Gasteiger charge is 2.28. The number of esters is 1. The molecule has 0 spiro atoms. The molecule has 102 valence electrons. The van der Waals surface area contributed by atoms with Crippen LogP contribution >= 0.6 is 0 Å². The Balaban J connectivity index is 1.95. The summed E-state index contributed by atoms with van der Waals surface area (Å²) < 4.78 is 6.83. The van der Waals surface area contributed by atoms with E-state index in [9.17, 15) is 9.59 Å². The zero-order valence-electron chi connectivity index (χ0n) is 11.5. The fraction of sp³-hybridized carbons (Fsp3) is 0.250. The number of ketones is 1. The number of hydrogen-bond donors (Lipinski definition) is 0. The molecule has 1 aliphatic rings. The molecule has 0 saturated heterocycles. The van der Waals surface area contributed by atoms with E-state index < -0.39 is 0 Å². The first-order valence-electron chi connectivity index (χ1n) is 6.63. The highest BCUT2D eigenvalue weighted by Crippen LogP contribution is 2.30. The van der Waals surface area contributed by atoms with Crippen molar-refractivity contribution < 1.29 is 14.3 Å². The van der Waals surface area contributed by atoms with Gasteiger partial charge in [-0.05, 0) is 12.0 Å². The number of rotatable bonds is 3. The molecule has 2 heterocycles. The lowest BCUT2D eigenvalue weighted by Gasteiger charge is -2.05. The molecule has 2 aromatic rings. The summed E-state index contributed by atoms with van der Waals surface area (Å²) in [7, 11) is 1.79. The van der Waals surface area contributed by atoms with Crippen LogP contribution in [0.15, 0.2) is 30.3 Å². The second kappa shape index (κ2) is 4.63. The molecular weight excluding hydrogens is 254 g/mol. The summed E-state index contributed by atoms with van der Waals surface area (Å²) in [6.07, 6.45) is 1.18. The number of aromatic nitrogens is 1. The van der Waals surface area contributed by atoms with Gasteiger partial charge in [0.25, 0.3) is 0 Å². The first kappa shape index (κ1) is 12.7. The fourth-order valence-corrected chi connectivity index (χ4v) is 2.46. The van der Waals surface area contributed by atoms with E-state index in [1.54, 1.807) is 17.7 Å². The van der Waals surface area contributed by atoms with Crippen LogP contribution in [0, 0.1) is 0 Å². The van der Waals surface area contributed by atoms with Crippen molar-refractivity contribution in [3.05, 3.63) is 52.8 Å². The highest BCUT2D eigenvalue weighted by molar-refractivity contribution is 6.08. The Kier molecular flexibility index (Phi) is 2.93. The minimum Gasteiger partial charge on any atom is -0.424 e. The molecule has 0 amide bonds. The molecule has 20 heavy (non-hydrogen) atoms. The zero-order valence-corrected chi connectivity index (χ0v) is 11.5. The normalized spacial score (nSPS) is 13.2. The van der Waals surface area contributed by atoms with Gasteiger partial charge in [-0.3, -0.25) is 9.59 Å². The van der Waals surface area contributed by atoms with Crippen molar-refractivity contribution in [3.8, 4) is 5.75 Å². The Hall–Kier alpha value is -2.36. The number of carbonyl (C=O) groups is 2. The van der Waals surface area contributed by atoms with Gasteiger partial charge in [0.15, 0.2) is 5.75 Å². The third-order valence-corrected chi connectivity index (χ3v) is 3.71. The van der Waals surface area contributed by atoms with Gasteiger partial charge in [-0.25, -0.2) is 0 Å². The standard InChI is InChI=1S/C16H15NO3/c1-3-10-4-6-11(7-5-10)16(19)13-8-14-12(17(13)2)9-15(18)20-14/h4-8H,3,9H2,1-2H3. The van der Waals surface area contributed by atoms with Gasteiger partial charge in [0.1, 0.15) is 0 Å². The maximum atomic E-state index is 12.5. The Morgan fingerprint density at radius 3 is 2.60 bits per heavy atom. The molecule has 0 atom stereocenters. The van der Waals surface area contributed by atoms with Crippen LogP contribution in [0.5, 0.6) is 5.75 Å². The van der Waals surface area contributed by atoms with Gasteiger partial charge in [-0.1, -0.05) is 31.2 Å². The quantitative estimate of drug-likeness (QED) is 0.634. The van der Waals surface area contributed by atoms with Crippen molar-refractivity contribution in [2.75, 3.05) is 0 Å². The molecule has 1 aromatic carbocycles. The van der Waals surface area contributed by atoms with Crippen LogP contribution < -0.4 is 4.74 Å². The Labute approximate surface area is 117 Å². The van der Waals surface area contributed by atoms with Gasteiger partial charge < -0.3 is 9.30 Å². The zero-order chi connectivity index (χ0) is 14.3. The molecule has 1 aromatic heterocycles. The number of fused-ring (bicyclic) bond motifs is 1. The summed E-state index contributed by atoms with van der Waals surface area (Å²) in [5.74, 6) is 0.184. The van der Waals surface area contributed by atoms with E-state index in [-0.39, 0.29) is 18.2 Å². The summed E-state index contributed by atoms with van der Waals surface area (Å²) in [6, 6.07) is 9.25. The minimum absolute atomic E-state index is 0.0550. The van der Waals surface area contributed by atoms with Crippen LogP contribution in [0.2, 0.25) is 0 Å². The van der Waals surface area contributed by atoms with Crippen molar-refractivity contribution in [1.82, 2.24) is 4.57 Å². The molecule has 0 bridgehead atoms. The predicted octanol–water partition coefficient (Wildman–Crippen LogP) is 2.28. The van der Waals surface area contributed by atoms with E-state index in [4.69, 9.17) is 4.74 Å². The average molecular weight is 269 g/mol. The predicted molar refractivity (Wildman–Crippen MR) is 74.0 cm³/mol. The average Bonchev–Trinajstić information content (AvgIpc) is 2.96. The lowest BCUT2D eigenvalue weighted by atomic mass is 10.1. The number of carbonyl (C=O) groups excluding carboxylic acids is 2. The second-order valence-electron chi connectivity index (χ2n) is 4.93. The van der Waals surface area contributed by atoms with Crippen molar-refractivity contribution in [2.45, 2.75) is 19.8 Å². The second-order valence-corrected chi connectivity index (χ2v) is 4.93. The third kappa shape index (κ3) is 1.93. The van der Waals surface area contributed by atoms with E-state index in [0.717, 1.165) is 12.1 Å². The molecule has 0 unspecified atom stereocenters. The van der Waals surface area contributed by atoms with E-state index in [0.29, 0.717) is 17.0 Å². The van der Waals surface area contributed by atoms with Crippen LogP contribution in [0.4, 0.5) is 0 Å². The topological polar surface area (TPSA) is 48.3 Å². The highest BCUT2D eigenvalue weighted by atomic mass is 16.5. The molecule has 3 rings (SSSR count). The molecule has 0 fully saturated rings. The SMILES string of the molecule is CCc1ccc(C(=O)c2cc3c(n2C)CC(=O)O3)cc1. The molecule has 0 N–H and O–H groups in total. The van der Waals surface area contributed by atoms with Gasteiger partial charge >= 0.3 is 5.97 Å². The summed E-state index contributed by atoms with van der Waals surface area (Å²) in [5.41, 5.74) is 3.16. The van der Waals surface area contributed by atoms with E-state index in [2.05, 4.69) is 6.92 Å². The Morgan fingerprint density at radius 2 is 2.00 bits per heavy atom. The lowest BCUT2D eigenvalue weighted by molar-refractivity contribution is -0.131. The molecule has 0 aliphatic carbocycles. The maximum absolute atomic E-state index is 12.5. The molecular formula is C16H15NO3. The van der Waals surface area contributed by atoms with Crippen molar-refractivity contribution in [2.24, 2.45) is 7.05 Å². The molecule has 0 saturated carbocycles.